The van der Waals surface area contributed by atoms with E-state index in [2.05, 4.69) is 26.2 Å². The van der Waals surface area contributed by atoms with Crippen LogP contribution in [0.1, 0.15) is 21.6 Å². The first-order valence-electron chi connectivity index (χ1n) is 6.24. The average molecular weight is 349 g/mol. The topological polar surface area (TPSA) is 79.3 Å². The molecule has 2 aromatic rings. The van der Waals surface area contributed by atoms with Gasteiger partial charge in [-0.15, -0.1) is 0 Å². The van der Waals surface area contributed by atoms with E-state index in [1.165, 1.54) is 12.3 Å². The fourth-order valence-electron chi connectivity index (χ4n) is 1.75. The van der Waals surface area contributed by atoms with E-state index in [-0.39, 0.29) is 11.6 Å². The molecule has 108 valence electrons. The summed E-state index contributed by atoms with van der Waals surface area (Å²) in [7, 11) is 0. The predicted molar refractivity (Wildman–Crippen MR) is 80.9 cm³/mol. The fourth-order valence-corrected chi connectivity index (χ4v) is 2.20. The summed E-state index contributed by atoms with van der Waals surface area (Å²) < 4.78 is 0.932. The zero-order valence-electron chi connectivity index (χ0n) is 11.0. The van der Waals surface area contributed by atoms with E-state index in [1.807, 2.05) is 24.3 Å². The molecule has 0 aliphatic heterocycles. The Morgan fingerprint density at radius 3 is 2.62 bits per heavy atom. The molecule has 0 atom stereocenters. The van der Waals surface area contributed by atoms with Crippen molar-refractivity contribution in [2.45, 2.75) is 13.0 Å². The zero-order valence-corrected chi connectivity index (χ0v) is 12.6. The zero-order chi connectivity index (χ0) is 15.2. The molecule has 1 amide bonds. The summed E-state index contributed by atoms with van der Waals surface area (Å²) in [4.78, 5) is 26.3. The number of aromatic carboxylic acids is 1. The van der Waals surface area contributed by atoms with Gasteiger partial charge in [0.25, 0.3) is 0 Å². The molecule has 1 aromatic heterocycles. The maximum Gasteiger partial charge on any atom is 0.354 e. The van der Waals surface area contributed by atoms with Crippen LogP contribution in [0.2, 0.25) is 0 Å². The molecule has 0 radical (unpaired) electrons. The quantitative estimate of drug-likeness (QED) is 0.869. The first-order chi connectivity index (χ1) is 10.0. The van der Waals surface area contributed by atoms with Gasteiger partial charge in [0, 0.05) is 17.2 Å². The number of carboxylic acid groups (broad SMARTS) is 1. The number of amides is 1. The second-order valence-corrected chi connectivity index (χ2v) is 5.36. The lowest BCUT2D eigenvalue weighted by atomic mass is 10.1. The van der Waals surface area contributed by atoms with Gasteiger partial charge >= 0.3 is 5.97 Å². The van der Waals surface area contributed by atoms with Gasteiger partial charge in [0.1, 0.15) is 5.69 Å². The molecule has 0 unspecified atom stereocenters. The molecule has 1 heterocycles. The minimum Gasteiger partial charge on any atom is -0.477 e. The van der Waals surface area contributed by atoms with Crippen LogP contribution in [0, 0.1) is 0 Å². The highest BCUT2D eigenvalue weighted by molar-refractivity contribution is 9.10. The maximum absolute atomic E-state index is 11.8. The van der Waals surface area contributed by atoms with Crippen molar-refractivity contribution in [3.8, 4) is 0 Å². The van der Waals surface area contributed by atoms with Crippen LogP contribution in [0.25, 0.3) is 0 Å². The Kier molecular flexibility index (Phi) is 5.05. The highest BCUT2D eigenvalue weighted by Gasteiger charge is 2.06. The number of nitrogens with zero attached hydrogens (tertiary/aromatic N) is 1. The van der Waals surface area contributed by atoms with Crippen molar-refractivity contribution in [1.29, 1.82) is 0 Å². The molecule has 5 nitrogen and oxygen atoms in total. The first kappa shape index (κ1) is 15.2. The van der Waals surface area contributed by atoms with Crippen molar-refractivity contribution in [2.24, 2.45) is 0 Å². The molecule has 0 spiro atoms. The molecule has 0 fully saturated rings. The summed E-state index contributed by atoms with van der Waals surface area (Å²) in [6, 6.07) is 10.6. The minimum absolute atomic E-state index is 0.0146. The van der Waals surface area contributed by atoms with Gasteiger partial charge in [0.15, 0.2) is 0 Å². The summed E-state index contributed by atoms with van der Waals surface area (Å²) in [6.45, 7) is 0.319. The molecule has 1 aromatic carbocycles. The Hall–Kier alpha value is -2.21. The molecule has 6 heteroatoms. The highest BCUT2D eigenvalue weighted by Crippen LogP contribution is 2.12. The number of carbonyl (C=O) groups excluding carboxylic acids is 1. The number of hydrogen-bond donors (Lipinski definition) is 2. The second-order valence-electron chi connectivity index (χ2n) is 4.44. The standard InChI is InChI=1S/C15H13BrN2O3/c16-12-3-1-2-10(6-12)7-14(19)18-9-11-4-5-13(15(20)21)17-8-11/h1-6,8H,7,9H2,(H,18,19)(H,20,21). The van der Waals surface area contributed by atoms with Crippen LogP contribution in [0.3, 0.4) is 0 Å². The Bertz CT molecular complexity index is 656. The van der Waals surface area contributed by atoms with Crippen molar-refractivity contribution in [3.05, 3.63) is 63.9 Å². The van der Waals surface area contributed by atoms with Gasteiger partial charge < -0.3 is 10.4 Å². The van der Waals surface area contributed by atoms with Crippen LogP contribution < -0.4 is 5.32 Å². The lowest BCUT2D eigenvalue weighted by Gasteiger charge is -2.06. The third-order valence-corrected chi connectivity index (χ3v) is 3.28. The van der Waals surface area contributed by atoms with Crippen molar-refractivity contribution in [1.82, 2.24) is 10.3 Å². The number of hydrogen-bond acceptors (Lipinski definition) is 3. The van der Waals surface area contributed by atoms with Crippen molar-refractivity contribution in [2.75, 3.05) is 0 Å². The van der Waals surface area contributed by atoms with Crippen molar-refractivity contribution >= 4 is 27.8 Å². The normalized spacial score (nSPS) is 10.1. The summed E-state index contributed by atoms with van der Waals surface area (Å²) >= 11 is 3.36. The largest absolute Gasteiger partial charge is 0.477 e. The summed E-state index contributed by atoms with van der Waals surface area (Å²) in [5.74, 6) is -1.17. The number of nitrogens with one attached hydrogen (secondary N) is 1. The number of aromatic nitrogens is 1. The Morgan fingerprint density at radius 2 is 2.00 bits per heavy atom. The van der Waals surface area contributed by atoms with Crippen LogP contribution in [-0.4, -0.2) is 22.0 Å². The maximum atomic E-state index is 11.8. The summed E-state index contributed by atoms with van der Waals surface area (Å²) in [5, 5.41) is 11.5. The molecule has 2 N–H and O–H groups in total. The molecule has 0 bridgehead atoms. The van der Waals surface area contributed by atoms with E-state index in [0.717, 1.165) is 15.6 Å². The molecule has 21 heavy (non-hydrogen) atoms. The number of carbonyl (C=O) groups is 2. The van der Waals surface area contributed by atoms with Gasteiger partial charge in [-0.05, 0) is 29.3 Å². The minimum atomic E-state index is -1.07. The molecule has 0 aliphatic carbocycles. The van der Waals surface area contributed by atoms with Gasteiger partial charge in [-0.25, -0.2) is 9.78 Å². The Balaban J connectivity index is 1.87. The van der Waals surface area contributed by atoms with Gasteiger partial charge in [-0.3, -0.25) is 4.79 Å². The summed E-state index contributed by atoms with van der Waals surface area (Å²) in [5.41, 5.74) is 1.66. The van der Waals surface area contributed by atoms with Gasteiger partial charge in [-0.1, -0.05) is 34.1 Å². The molecule has 0 saturated carbocycles. The van der Waals surface area contributed by atoms with E-state index in [4.69, 9.17) is 5.11 Å². The Labute approximate surface area is 130 Å². The number of pyridine rings is 1. The van der Waals surface area contributed by atoms with E-state index < -0.39 is 5.97 Å². The monoisotopic (exact) mass is 348 g/mol. The van der Waals surface area contributed by atoms with E-state index >= 15 is 0 Å². The smallest absolute Gasteiger partial charge is 0.354 e. The average Bonchev–Trinajstić information content (AvgIpc) is 2.45. The number of carboxylic acids is 1. The van der Waals surface area contributed by atoms with Crippen LogP contribution in [0.4, 0.5) is 0 Å². The molecular weight excluding hydrogens is 336 g/mol. The number of rotatable bonds is 5. The van der Waals surface area contributed by atoms with E-state index in [1.54, 1.807) is 6.07 Å². The number of halogens is 1. The summed E-state index contributed by atoms with van der Waals surface area (Å²) in [6.07, 6.45) is 1.74. The van der Waals surface area contributed by atoms with Crippen LogP contribution in [0.5, 0.6) is 0 Å². The molecule has 0 aliphatic rings. The second kappa shape index (κ2) is 6.99. The number of benzene rings is 1. The highest BCUT2D eigenvalue weighted by atomic mass is 79.9. The SMILES string of the molecule is O=C(Cc1cccc(Br)c1)NCc1ccc(C(=O)O)nc1. The van der Waals surface area contributed by atoms with E-state index in [9.17, 15) is 9.59 Å². The van der Waals surface area contributed by atoms with Gasteiger partial charge in [-0.2, -0.15) is 0 Å². The Morgan fingerprint density at radius 1 is 1.19 bits per heavy atom. The molecule has 2 rings (SSSR count). The first-order valence-corrected chi connectivity index (χ1v) is 7.03. The third kappa shape index (κ3) is 4.68. The van der Waals surface area contributed by atoms with Crippen molar-refractivity contribution in [3.63, 3.8) is 0 Å². The fraction of sp³-hybridized carbons (Fsp3) is 0.133. The lowest BCUT2D eigenvalue weighted by Crippen LogP contribution is -2.24. The lowest BCUT2D eigenvalue weighted by molar-refractivity contribution is -0.120. The third-order valence-electron chi connectivity index (χ3n) is 2.79. The van der Waals surface area contributed by atoms with Crippen molar-refractivity contribution < 1.29 is 14.7 Å². The molecule has 0 saturated heterocycles. The van der Waals surface area contributed by atoms with Gasteiger partial charge in [0.05, 0.1) is 6.42 Å². The predicted octanol–water partition coefficient (Wildman–Crippen LogP) is 2.40. The van der Waals surface area contributed by atoms with Crippen LogP contribution in [0.15, 0.2) is 47.1 Å². The molecular formula is C15H13BrN2O3. The van der Waals surface area contributed by atoms with Crippen LogP contribution >= 0.6 is 15.9 Å². The van der Waals surface area contributed by atoms with Gasteiger partial charge in [0.2, 0.25) is 5.91 Å². The van der Waals surface area contributed by atoms with Crippen LogP contribution in [-0.2, 0) is 17.8 Å². The van der Waals surface area contributed by atoms with E-state index in [0.29, 0.717) is 13.0 Å².